The Morgan fingerprint density at radius 2 is 1.93 bits per heavy atom. The molecule has 0 saturated carbocycles. The van der Waals surface area contributed by atoms with Crippen LogP contribution < -0.4 is 15.4 Å². The molecule has 1 amide bonds. The van der Waals surface area contributed by atoms with Gasteiger partial charge in [-0.1, -0.05) is 36.4 Å². The number of hydrogen-bond donors (Lipinski definition) is 3. The maximum Gasteiger partial charge on any atom is 0.251 e. The second kappa shape index (κ2) is 8.65. The highest BCUT2D eigenvalue weighted by Gasteiger charge is 2.21. The summed E-state index contributed by atoms with van der Waals surface area (Å²) < 4.78 is 27.7. The van der Waals surface area contributed by atoms with Crippen molar-refractivity contribution < 1.29 is 13.2 Å². The third-order valence-electron chi connectivity index (χ3n) is 4.67. The minimum atomic E-state index is -3.70. The molecular formula is C20H25N3O3S. The molecule has 1 fully saturated rings. The monoisotopic (exact) mass is 387 g/mol. The Morgan fingerprint density at radius 3 is 2.67 bits per heavy atom. The average molecular weight is 388 g/mol. The van der Waals surface area contributed by atoms with Gasteiger partial charge < -0.3 is 10.6 Å². The van der Waals surface area contributed by atoms with Crippen LogP contribution in [-0.2, 0) is 16.6 Å². The molecule has 3 N–H and O–H groups in total. The van der Waals surface area contributed by atoms with Gasteiger partial charge in [0.1, 0.15) is 0 Å². The van der Waals surface area contributed by atoms with Gasteiger partial charge >= 0.3 is 0 Å². The first kappa shape index (κ1) is 19.5. The number of amides is 1. The van der Waals surface area contributed by atoms with E-state index in [9.17, 15) is 13.2 Å². The molecule has 7 heteroatoms. The highest BCUT2D eigenvalue weighted by molar-refractivity contribution is 7.89. The fourth-order valence-electron chi connectivity index (χ4n) is 3.19. The molecule has 144 valence electrons. The number of sulfonamides is 1. The zero-order chi connectivity index (χ0) is 19.3. The zero-order valence-electron chi connectivity index (χ0n) is 15.3. The molecule has 3 rings (SSSR count). The maximum atomic E-state index is 12.6. The van der Waals surface area contributed by atoms with Gasteiger partial charge in [0, 0.05) is 24.2 Å². The molecule has 1 aliphatic heterocycles. The van der Waals surface area contributed by atoms with E-state index in [2.05, 4.69) is 22.3 Å². The Hall–Kier alpha value is -2.22. The molecule has 0 bridgehead atoms. The average Bonchev–Trinajstić information content (AvgIpc) is 2.67. The van der Waals surface area contributed by atoms with Crippen molar-refractivity contribution >= 4 is 15.9 Å². The Kier molecular flexibility index (Phi) is 6.26. The normalized spacial score (nSPS) is 20.2. The molecule has 1 aliphatic rings. The van der Waals surface area contributed by atoms with E-state index in [1.54, 1.807) is 12.1 Å². The lowest BCUT2D eigenvalue weighted by Gasteiger charge is -2.28. The third kappa shape index (κ3) is 5.38. The highest BCUT2D eigenvalue weighted by atomic mass is 32.2. The van der Waals surface area contributed by atoms with Crippen molar-refractivity contribution in [3.8, 4) is 0 Å². The van der Waals surface area contributed by atoms with Gasteiger partial charge in [-0.3, -0.25) is 4.79 Å². The van der Waals surface area contributed by atoms with E-state index in [0.717, 1.165) is 24.9 Å². The number of carbonyl (C=O) groups excluding carboxylic acids is 1. The van der Waals surface area contributed by atoms with E-state index < -0.39 is 10.0 Å². The summed E-state index contributed by atoms with van der Waals surface area (Å²) in [4.78, 5) is 12.6. The van der Waals surface area contributed by atoms with Crippen LogP contribution in [0.1, 0.15) is 35.7 Å². The van der Waals surface area contributed by atoms with Crippen LogP contribution in [0.4, 0.5) is 0 Å². The molecule has 2 atom stereocenters. The van der Waals surface area contributed by atoms with Gasteiger partial charge in [0.15, 0.2) is 0 Å². The molecule has 2 aromatic rings. The molecule has 0 aromatic heterocycles. The molecule has 1 heterocycles. The van der Waals surface area contributed by atoms with E-state index in [1.165, 1.54) is 12.1 Å². The summed E-state index contributed by atoms with van der Waals surface area (Å²) in [5.41, 5.74) is 1.22. The van der Waals surface area contributed by atoms with E-state index in [1.807, 2.05) is 30.3 Å². The van der Waals surface area contributed by atoms with Gasteiger partial charge in [0.25, 0.3) is 5.91 Å². The van der Waals surface area contributed by atoms with Crippen LogP contribution in [-0.4, -0.2) is 33.0 Å². The third-order valence-corrected chi connectivity index (χ3v) is 6.07. The van der Waals surface area contributed by atoms with Crippen LogP contribution in [0.2, 0.25) is 0 Å². The molecular weight excluding hydrogens is 362 g/mol. The van der Waals surface area contributed by atoms with Crippen molar-refractivity contribution in [3.63, 3.8) is 0 Å². The van der Waals surface area contributed by atoms with Crippen LogP contribution >= 0.6 is 0 Å². The molecule has 2 unspecified atom stereocenters. The first-order chi connectivity index (χ1) is 12.9. The van der Waals surface area contributed by atoms with Crippen LogP contribution in [0, 0.1) is 0 Å². The predicted molar refractivity (Wildman–Crippen MR) is 105 cm³/mol. The second-order valence-corrected chi connectivity index (χ2v) is 8.65. The van der Waals surface area contributed by atoms with Gasteiger partial charge in [-0.2, -0.15) is 0 Å². The van der Waals surface area contributed by atoms with Crippen molar-refractivity contribution in [2.24, 2.45) is 0 Å². The summed E-state index contributed by atoms with van der Waals surface area (Å²) >= 11 is 0. The van der Waals surface area contributed by atoms with Crippen molar-refractivity contribution in [2.45, 2.75) is 43.3 Å². The Labute approximate surface area is 160 Å². The quantitative estimate of drug-likeness (QED) is 0.708. The number of carbonyl (C=O) groups is 1. The molecule has 0 spiro atoms. The lowest BCUT2D eigenvalue weighted by Crippen LogP contribution is -2.46. The molecule has 0 aliphatic carbocycles. The van der Waals surface area contributed by atoms with Crippen molar-refractivity contribution in [3.05, 3.63) is 65.7 Å². The van der Waals surface area contributed by atoms with E-state index >= 15 is 0 Å². The van der Waals surface area contributed by atoms with E-state index in [0.29, 0.717) is 11.6 Å². The summed E-state index contributed by atoms with van der Waals surface area (Å²) in [5.74, 6) is -0.241. The van der Waals surface area contributed by atoms with Crippen LogP contribution in [0.3, 0.4) is 0 Å². The Morgan fingerprint density at radius 1 is 1.15 bits per heavy atom. The summed E-state index contributed by atoms with van der Waals surface area (Å²) in [7, 11) is -3.70. The lowest BCUT2D eigenvalue weighted by atomic mass is 10.0. The number of piperidine rings is 1. The fraction of sp³-hybridized carbons (Fsp3) is 0.350. The highest BCUT2D eigenvalue weighted by Crippen LogP contribution is 2.14. The van der Waals surface area contributed by atoms with Gasteiger partial charge in [0.05, 0.1) is 4.90 Å². The molecule has 1 saturated heterocycles. The maximum absolute atomic E-state index is 12.6. The Balaban J connectivity index is 1.67. The molecule has 27 heavy (non-hydrogen) atoms. The Bertz CT molecular complexity index is 884. The van der Waals surface area contributed by atoms with Gasteiger partial charge in [-0.25, -0.2) is 13.1 Å². The number of benzene rings is 2. The number of hydrogen-bond acceptors (Lipinski definition) is 4. The predicted octanol–water partition coefficient (Wildman–Crippen LogP) is 2.04. The van der Waals surface area contributed by atoms with Crippen LogP contribution in [0.25, 0.3) is 0 Å². The zero-order valence-corrected chi connectivity index (χ0v) is 16.1. The lowest BCUT2D eigenvalue weighted by molar-refractivity contribution is 0.0925. The minimum Gasteiger partial charge on any atom is -0.349 e. The standard InChI is InChI=1S/C20H25N3O3S/c1-15-12-18(10-11-21-15)23-20(24)17-8-5-9-19(13-17)27(25,26)22-14-16-6-3-2-4-7-16/h2-9,13,15,18,21-22H,10-12,14H2,1H3,(H,23,24). The SMILES string of the molecule is CC1CC(NC(=O)c2cccc(S(=O)(=O)NCc3ccccc3)c2)CCN1. The largest absolute Gasteiger partial charge is 0.349 e. The van der Waals surface area contributed by atoms with Gasteiger partial charge in [0.2, 0.25) is 10.0 Å². The number of nitrogens with one attached hydrogen (secondary N) is 3. The summed E-state index contributed by atoms with van der Waals surface area (Å²) in [6.45, 7) is 3.15. The second-order valence-electron chi connectivity index (χ2n) is 6.89. The van der Waals surface area contributed by atoms with E-state index in [4.69, 9.17) is 0 Å². The minimum absolute atomic E-state index is 0.0877. The van der Waals surface area contributed by atoms with Crippen LogP contribution in [0.15, 0.2) is 59.5 Å². The topological polar surface area (TPSA) is 87.3 Å². The molecule has 2 aromatic carbocycles. The van der Waals surface area contributed by atoms with Gasteiger partial charge in [-0.05, 0) is 50.1 Å². The smallest absolute Gasteiger partial charge is 0.251 e. The van der Waals surface area contributed by atoms with Crippen molar-refractivity contribution in [1.29, 1.82) is 0 Å². The summed E-state index contributed by atoms with van der Waals surface area (Å²) in [6, 6.07) is 15.9. The van der Waals surface area contributed by atoms with E-state index in [-0.39, 0.29) is 23.4 Å². The fourth-order valence-corrected chi connectivity index (χ4v) is 4.26. The first-order valence-corrected chi connectivity index (χ1v) is 10.6. The van der Waals surface area contributed by atoms with Crippen LogP contribution in [0.5, 0.6) is 0 Å². The number of rotatable bonds is 6. The summed E-state index contributed by atoms with van der Waals surface area (Å²) in [5, 5.41) is 6.35. The molecule has 6 nitrogen and oxygen atoms in total. The van der Waals surface area contributed by atoms with Crippen molar-refractivity contribution in [1.82, 2.24) is 15.4 Å². The van der Waals surface area contributed by atoms with Gasteiger partial charge in [-0.15, -0.1) is 0 Å². The first-order valence-electron chi connectivity index (χ1n) is 9.12. The molecule has 0 radical (unpaired) electrons. The summed E-state index contributed by atoms with van der Waals surface area (Å²) in [6.07, 6.45) is 1.73. The van der Waals surface area contributed by atoms with Crippen molar-refractivity contribution in [2.75, 3.05) is 6.54 Å².